The van der Waals surface area contributed by atoms with Gasteiger partial charge in [-0.15, -0.1) is 5.10 Å². The number of aliphatic hydroxyl groups is 1. The van der Waals surface area contributed by atoms with Gasteiger partial charge in [0.25, 0.3) is 0 Å². The van der Waals surface area contributed by atoms with Gasteiger partial charge in [-0.3, -0.25) is 4.79 Å². The Morgan fingerprint density at radius 3 is 2.64 bits per heavy atom. The van der Waals surface area contributed by atoms with Crippen LogP contribution < -0.4 is 5.32 Å². The highest BCUT2D eigenvalue weighted by Crippen LogP contribution is 2.25. The normalized spacial score (nSPS) is 13.2. The minimum absolute atomic E-state index is 0.0504. The Balaban J connectivity index is 1.72. The van der Waals surface area contributed by atoms with Gasteiger partial charge in [0.2, 0.25) is 5.91 Å². The van der Waals surface area contributed by atoms with E-state index in [0.29, 0.717) is 17.1 Å². The Morgan fingerprint density at radius 1 is 1.20 bits per heavy atom. The van der Waals surface area contributed by atoms with Crippen LogP contribution in [0.3, 0.4) is 0 Å². The summed E-state index contributed by atoms with van der Waals surface area (Å²) in [6, 6.07) is 16.3. The summed E-state index contributed by atoms with van der Waals surface area (Å²) in [6.07, 6.45) is -0.0504. The summed E-state index contributed by atoms with van der Waals surface area (Å²) in [5.41, 5.74) is 0.814. The number of aromatic nitrogens is 4. The smallest absolute Gasteiger partial charge is 0.227 e. The van der Waals surface area contributed by atoms with Crippen molar-refractivity contribution in [1.29, 1.82) is 0 Å². The van der Waals surface area contributed by atoms with Crippen molar-refractivity contribution < 1.29 is 9.90 Å². The zero-order valence-electron chi connectivity index (χ0n) is 14.0. The molecule has 3 aromatic rings. The van der Waals surface area contributed by atoms with Gasteiger partial charge in [0.1, 0.15) is 0 Å². The summed E-state index contributed by atoms with van der Waals surface area (Å²) in [5.74, 6) is 0.370. The van der Waals surface area contributed by atoms with E-state index in [1.54, 1.807) is 48.9 Å². The zero-order valence-corrected chi connectivity index (χ0v) is 14.0. The Bertz CT molecular complexity index is 874. The second-order valence-corrected chi connectivity index (χ2v) is 6.05. The number of carbonyl (C=O) groups excluding carboxylic acids is 1. The molecule has 1 amide bonds. The van der Waals surface area contributed by atoms with Crippen molar-refractivity contribution in [2.24, 2.45) is 0 Å². The molecule has 0 bridgehead atoms. The molecular formula is C18H19N5O2. The Hall–Kier alpha value is -3.06. The third-order valence-corrected chi connectivity index (χ3v) is 3.90. The van der Waals surface area contributed by atoms with Gasteiger partial charge in [-0.1, -0.05) is 36.4 Å². The highest BCUT2D eigenvalue weighted by molar-refractivity contribution is 5.91. The maximum absolute atomic E-state index is 12.3. The highest BCUT2D eigenvalue weighted by Gasteiger charge is 2.26. The molecule has 0 aliphatic carbocycles. The molecule has 1 atom stereocenters. The van der Waals surface area contributed by atoms with Crippen LogP contribution in [0.25, 0.3) is 5.69 Å². The van der Waals surface area contributed by atoms with Crippen LogP contribution in [0, 0.1) is 6.92 Å². The highest BCUT2D eigenvalue weighted by atomic mass is 16.3. The first-order chi connectivity index (χ1) is 12.0. The van der Waals surface area contributed by atoms with Gasteiger partial charge in [-0.05, 0) is 48.0 Å². The molecule has 1 aromatic heterocycles. The van der Waals surface area contributed by atoms with Crippen LogP contribution in [0.4, 0.5) is 5.69 Å². The number of anilines is 1. The topological polar surface area (TPSA) is 92.9 Å². The number of benzene rings is 2. The molecule has 0 saturated heterocycles. The average molecular weight is 337 g/mol. The number of nitrogens with zero attached hydrogens (tertiary/aromatic N) is 4. The van der Waals surface area contributed by atoms with Crippen molar-refractivity contribution in [2.45, 2.75) is 25.9 Å². The molecule has 1 unspecified atom stereocenters. The number of amides is 1. The minimum Gasteiger partial charge on any atom is -0.385 e. The zero-order chi connectivity index (χ0) is 17.9. The molecule has 2 aromatic carbocycles. The SMILES string of the molecule is Cc1nnnn1-c1cccc(NC(=O)CC(C)(O)c2ccccc2)c1. The van der Waals surface area contributed by atoms with Crippen LogP contribution in [-0.4, -0.2) is 31.2 Å². The van der Waals surface area contributed by atoms with Crippen LogP contribution in [-0.2, 0) is 10.4 Å². The Kier molecular flexibility index (Phi) is 4.58. The third-order valence-electron chi connectivity index (χ3n) is 3.90. The van der Waals surface area contributed by atoms with Gasteiger partial charge in [-0.25, -0.2) is 0 Å². The molecular weight excluding hydrogens is 318 g/mol. The van der Waals surface area contributed by atoms with Gasteiger partial charge >= 0.3 is 0 Å². The molecule has 0 spiro atoms. The summed E-state index contributed by atoms with van der Waals surface area (Å²) < 4.78 is 1.58. The van der Waals surface area contributed by atoms with E-state index in [9.17, 15) is 9.90 Å². The van der Waals surface area contributed by atoms with E-state index < -0.39 is 5.60 Å². The van der Waals surface area contributed by atoms with Gasteiger partial charge < -0.3 is 10.4 Å². The van der Waals surface area contributed by atoms with Crippen molar-refractivity contribution in [3.63, 3.8) is 0 Å². The fourth-order valence-electron chi connectivity index (χ4n) is 2.60. The molecule has 7 nitrogen and oxygen atoms in total. The molecule has 0 aliphatic rings. The molecule has 0 aliphatic heterocycles. The molecule has 7 heteroatoms. The third kappa shape index (κ3) is 3.89. The summed E-state index contributed by atoms with van der Waals surface area (Å²) >= 11 is 0. The number of carbonyl (C=O) groups is 1. The van der Waals surface area contributed by atoms with E-state index in [4.69, 9.17) is 0 Å². The molecule has 3 rings (SSSR count). The van der Waals surface area contributed by atoms with Crippen LogP contribution in [0.1, 0.15) is 24.7 Å². The summed E-state index contributed by atoms with van der Waals surface area (Å²) in [6.45, 7) is 3.42. The maximum atomic E-state index is 12.3. The number of tetrazole rings is 1. The molecule has 25 heavy (non-hydrogen) atoms. The number of hydrogen-bond donors (Lipinski definition) is 2. The number of hydrogen-bond acceptors (Lipinski definition) is 5. The summed E-state index contributed by atoms with van der Waals surface area (Å²) in [4.78, 5) is 12.3. The van der Waals surface area contributed by atoms with E-state index in [2.05, 4.69) is 20.8 Å². The van der Waals surface area contributed by atoms with Crippen LogP contribution in [0.2, 0.25) is 0 Å². The summed E-state index contributed by atoms with van der Waals surface area (Å²) in [7, 11) is 0. The number of nitrogens with one attached hydrogen (secondary N) is 1. The minimum atomic E-state index is -1.24. The van der Waals surface area contributed by atoms with E-state index in [0.717, 1.165) is 5.69 Å². The van der Waals surface area contributed by atoms with E-state index >= 15 is 0 Å². The van der Waals surface area contributed by atoms with Crippen molar-refractivity contribution in [2.75, 3.05) is 5.32 Å². The predicted octanol–water partition coefficient (Wildman–Crippen LogP) is 2.21. The Labute approximate surface area is 145 Å². The van der Waals surface area contributed by atoms with Crippen molar-refractivity contribution in [3.05, 3.63) is 66.0 Å². The lowest BCUT2D eigenvalue weighted by molar-refractivity contribution is -0.120. The first kappa shape index (κ1) is 16.8. The van der Waals surface area contributed by atoms with Crippen molar-refractivity contribution in [3.8, 4) is 5.69 Å². The standard InChI is InChI=1S/C18H19N5O2/c1-13-20-21-22-23(13)16-10-6-9-15(11-16)19-17(24)12-18(2,25)14-7-4-3-5-8-14/h3-11,25H,12H2,1-2H3,(H,19,24). The van der Waals surface area contributed by atoms with Gasteiger partial charge in [0.05, 0.1) is 17.7 Å². The second kappa shape index (κ2) is 6.82. The first-order valence-electron chi connectivity index (χ1n) is 7.89. The predicted molar refractivity (Wildman–Crippen MR) is 93.2 cm³/mol. The molecule has 2 N–H and O–H groups in total. The van der Waals surface area contributed by atoms with Gasteiger partial charge in [0, 0.05) is 5.69 Å². The van der Waals surface area contributed by atoms with Gasteiger partial charge in [0.15, 0.2) is 5.82 Å². The second-order valence-electron chi connectivity index (χ2n) is 6.05. The number of aryl methyl sites for hydroxylation is 1. The fraction of sp³-hybridized carbons (Fsp3) is 0.222. The monoisotopic (exact) mass is 337 g/mol. The Morgan fingerprint density at radius 2 is 1.96 bits per heavy atom. The van der Waals surface area contributed by atoms with Crippen LogP contribution >= 0.6 is 0 Å². The van der Waals surface area contributed by atoms with E-state index in [1.165, 1.54) is 0 Å². The van der Waals surface area contributed by atoms with E-state index in [1.807, 2.05) is 24.3 Å². The van der Waals surface area contributed by atoms with E-state index in [-0.39, 0.29) is 12.3 Å². The number of rotatable bonds is 5. The van der Waals surface area contributed by atoms with Gasteiger partial charge in [-0.2, -0.15) is 4.68 Å². The molecule has 0 radical (unpaired) electrons. The van der Waals surface area contributed by atoms with Crippen LogP contribution in [0.5, 0.6) is 0 Å². The molecule has 128 valence electrons. The lowest BCUT2D eigenvalue weighted by atomic mass is 9.92. The quantitative estimate of drug-likeness (QED) is 0.744. The van der Waals surface area contributed by atoms with Crippen LogP contribution in [0.15, 0.2) is 54.6 Å². The maximum Gasteiger partial charge on any atom is 0.227 e. The average Bonchev–Trinajstić information content (AvgIpc) is 3.01. The summed E-state index contributed by atoms with van der Waals surface area (Å²) in [5, 5.41) is 24.8. The largest absolute Gasteiger partial charge is 0.385 e. The molecule has 0 saturated carbocycles. The molecule has 0 fully saturated rings. The molecule has 1 heterocycles. The van der Waals surface area contributed by atoms with Crippen molar-refractivity contribution in [1.82, 2.24) is 20.2 Å². The first-order valence-corrected chi connectivity index (χ1v) is 7.89. The van der Waals surface area contributed by atoms with Crippen molar-refractivity contribution >= 4 is 11.6 Å². The fourth-order valence-corrected chi connectivity index (χ4v) is 2.60. The lowest BCUT2D eigenvalue weighted by Crippen LogP contribution is -2.28. The lowest BCUT2D eigenvalue weighted by Gasteiger charge is -2.23.